The Hall–Kier alpha value is -3.35. The van der Waals surface area contributed by atoms with Crippen LogP contribution in [0.25, 0.3) is 0 Å². The van der Waals surface area contributed by atoms with Gasteiger partial charge >= 0.3 is 5.97 Å². The van der Waals surface area contributed by atoms with Gasteiger partial charge in [0.05, 0.1) is 24.0 Å². The summed E-state index contributed by atoms with van der Waals surface area (Å²) in [6.45, 7) is 5.01. The zero-order valence-corrected chi connectivity index (χ0v) is 16.2. The Morgan fingerprint density at radius 2 is 1.89 bits per heavy atom. The molecule has 3 rings (SSSR count). The highest BCUT2D eigenvalue weighted by Crippen LogP contribution is 2.38. The van der Waals surface area contributed by atoms with E-state index in [0.29, 0.717) is 17.1 Å². The number of esters is 1. The molecule has 0 fully saturated rings. The van der Waals surface area contributed by atoms with Crippen LogP contribution >= 0.6 is 0 Å². The van der Waals surface area contributed by atoms with Gasteiger partial charge in [0.2, 0.25) is 5.91 Å². The zero-order chi connectivity index (χ0) is 20.5. The van der Waals surface area contributed by atoms with Crippen LogP contribution in [0.4, 0.5) is 11.4 Å². The summed E-state index contributed by atoms with van der Waals surface area (Å²) in [5, 5.41) is 2.69. The molecule has 28 heavy (non-hydrogen) atoms. The molecule has 0 atom stereocenters. The van der Waals surface area contributed by atoms with Crippen molar-refractivity contribution in [2.24, 2.45) is 0 Å². The number of nitrogens with one attached hydrogen (secondary N) is 1. The molecule has 2 aromatic carbocycles. The van der Waals surface area contributed by atoms with Crippen molar-refractivity contribution in [3.8, 4) is 5.75 Å². The van der Waals surface area contributed by atoms with Crippen LogP contribution < -0.4 is 15.0 Å². The van der Waals surface area contributed by atoms with Gasteiger partial charge in [0.1, 0.15) is 12.3 Å². The van der Waals surface area contributed by atoms with Crippen LogP contribution in [0.1, 0.15) is 29.8 Å². The molecule has 2 amide bonds. The monoisotopic (exact) mass is 382 g/mol. The molecule has 1 aliphatic heterocycles. The van der Waals surface area contributed by atoms with Gasteiger partial charge in [-0.25, -0.2) is 4.79 Å². The number of hydrogen-bond donors (Lipinski definition) is 1. The summed E-state index contributed by atoms with van der Waals surface area (Å²) in [5.41, 5.74) is 0.955. The Bertz CT molecular complexity index is 952. The van der Waals surface area contributed by atoms with Gasteiger partial charge in [-0.1, -0.05) is 18.2 Å². The number of aryl methyl sites for hydroxylation is 1. The Labute approximate surface area is 163 Å². The van der Waals surface area contributed by atoms with Crippen LogP contribution in [-0.2, 0) is 14.3 Å². The van der Waals surface area contributed by atoms with Crippen LogP contribution in [-0.4, -0.2) is 37.0 Å². The fraction of sp³-hybridized carbons (Fsp3) is 0.286. The third-order valence-corrected chi connectivity index (χ3v) is 4.44. The average Bonchev–Trinajstić information content (AvgIpc) is 2.66. The maximum Gasteiger partial charge on any atom is 0.339 e. The Morgan fingerprint density at radius 3 is 2.61 bits per heavy atom. The number of anilines is 2. The highest BCUT2D eigenvalue weighted by Gasteiger charge is 2.41. The molecule has 0 spiro atoms. The number of hydrogen-bond acceptors (Lipinski definition) is 5. The first-order chi connectivity index (χ1) is 13.2. The first kappa shape index (κ1) is 19.4. The quantitative estimate of drug-likeness (QED) is 0.822. The van der Waals surface area contributed by atoms with E-state index in [1.807, 2.05) is 13.0 Å². The lowest BCUT2D eigenvalue weighted by Crippen LogP contribution is -2.54. The van der Waals surface area contributed by atoms with Crippen LogP contribution in [0.5, 0.6) is 5.75 Å². The average molecular weight is 382 g/mol. The lowest BCUT2D eigenvalue weighted by molar-refractivity contribution is -0.133. The second kappa shape index (κ2) is 7.34. The maximum atomic E-state index is 12.9. The van der Waals surface area contributed by atoms with Crippen LogP contribution in [0, 0.1) is 6.92 Å². The summed E-state index contributed by atoms with van der Waals surface area (Å²) in [6.07, 6.45) is 0. The summed E-state index contributed by atoms with van der Waals surface area (Å²) in [7, 11) is 1.27. The molecule has 0 aromatic heterocycles. The van der Waals surface area contributed by atoms with Gasteiger partial charge in [0.15, 0.2) is 5.60 Å². The summed E-state index contributed by atoms with van der Waals surface area (Å²) in [6, 6.07) is 12.0. The molecule has 2 aromatic rings. The van der Waals surface area contributed by atoms with E-state index in [1.165, 1.54) is 12.0 Å². The number of amides is 2. The minimum absolute atomic E-state index is 0.211. The van der Waals surface area contributed by atoms with E-state index in [9.17, 15) is 14.4 Å². The van der Waals surface area contributed by atoms with Crippen molar-refractivity contribution in [3.63, 3.8) is 0 Å². The van der Waals surface area contributed by atoms with E-state index in [0.717, 1.165) is 5.56 Å². The first-order valence-electron chi connectivity index (χ1n) is 8.82. The molecule has 146 valence electrons. The van der Waals surface area contributed by atoms with Gasteiger partial charge in [-0.3, -0.25) is 14.5 Å². The van der Waals surface area contributed by atoms with E-state index in [4.69, 9.17) is 9.47 Å². The lowest BCUT2D eigenvalue weighted by Gasteiger charge is -2.38. The Balaban J connectivity index is 1.87. The van der Waals surface area contributed by atoms with Crippen molar-refractivity contribution in [3.05, 3.63) is 53.6 Å². The fourth-order valence-corrected chi connectivity index (χ4v) is 3.05. The van der Waals surface area contributed by atoms with E-state index < -0.39 is 17.5 Å². The second-order valence-corrected chi connectivity index (χ2v) is 7.06. The summed E-state index contributed by atoms with van der Waals surface area (Å²) in [4.78, 5) is 38.9. The predicted molar refractivity (Wildman–Crippen MR) is 105 cm³/mol. The van der Waals surface area contributed by atoms with E-state index >= 15 is 0 Å². The number of carbonyl (C=O) groups is 3. The van der Waals surface area contributed by atoms with Gasteiger partial charge in [-0.2, -0.15) is 0 Å². The molecule has 0 aliphatic carbocycles. The second-order valence-electron chi connectivity index (χ2n) is 7.06. The molecule has 0 bridgehead atoms. The van der Waals surface area contributed by atoms with E-state index in [-0.39, 0.29) is 18.0 Å². The van der Waals surface area contributed by atoms with E-state index in [1.54, 1.807) is 50.2 Å². The van der Waals surface area contributed by atoms with Crippen molar-refractivity contribution in [1.82, 2.24) is 0 Å². The van der Waals surface area contributed by atoms with Gasteiger partial charge in [-0.05, 0) is 50.6 Å². The molecule has 1 N–H and O–H groups in total. The standard InChI is InChI=1S/C21H22N2O5/c1-13-9-10-17-16(11-13)23(20(26)21(2,3)28-17)12-18(24)22-15-8-6-5-7-14(15)19(25)27-4/h5-11H,12H2,1-4H3,(H,22,24). The summed E-state index contributed by atoms with van der Waals surface area (Å²) in [5.74, 6) is -0.768. The van der Waals surface area contributed by atoms with Crippen LogP contribution in [0.2, 0.25) is 0 Å². The van der Waals surface area contributed by atoms with E-state index in [2.05, 4.69) is 5.32 Å². The normalized spacial score (nSPS) is 14.7. The zero-order valence-electron chi connectivity index (χ0n) is 16.2. The molecular formula is C21H22N2O5. The third kappa shape index (κ3) is 3.69. The number of fused-ring (bicyclic) bond motifs is 1. The van der Waals surface area contributed by atoms with Crippen molar-refractivity contribution >= 4 is 29.2 Å². The van der Waals surface area contributed by atoms with Crippen molar-refractivity contribution < 1.29 is 23.9 Å². The first-order valence-corrected chi connectivity index (χ1v) is 8.82. The molecule has 0 saturated heterocycles. The number of para-hydroxylation sites is 1. The highest BCUT2D eigenvalue weighted by atomic mass is 16.5. The summed E-state index contributed by atoms with van der Waals surface area (Å²) >= 11 is 0. The molecule has 1 aliphatic rings. The molecule has 7 heteroatoms. The van der Waals surface area contributed by atoms with Crippen LogP contribution in [0.15, 0.2) is 42.5 Å². The molecular weight excluding hydrogens is 360 g/mol. The largest absolute Gasteiger partial charge is 0.476 e. The van der Waals surface area contributed by atoms with Crippen molar-refractivity contribution in [1.29, 1.82) is 0 Å². The topological polar surface area (TPSA) is 84.9 Å². The minimum atomic E-state index is -1.09. The molecule has 0 unspecified atom stereocenters. The van der Waals surface area contributed by atoms with Gasteiger partial charge in [0.25, 0.3) is 5.91 Å². The number of methoxy groups -OCH3 is 1. The number of carbonyl (C=O) groups excluding carboxylic acids is 3. The summed E-state index contributed by atoms with van der Waals surface area (Å²) < 4.78 is 10.5. The maximum absolute atomic E-state index is 12.9. The highest BCUT2D eigenvalue weighted by molar-refractivity contribution is 6.09. The minimum Gasteiger partial charge on any atom is -0.476 e. The number of benzene rings is 2. The predicted octanol–water partition coefficient (Wildman–Crippen LogP) is 2.92. The van der Waals surface area contributed by atoms with Gasteiger partial charge < -0.3 is 14.8 Å². The number of rotatable bonds is 4. The Kier molecular flexibility index (Phi) is 5.09. The third-order valence-electron chi connectivity index (χ3n) is 4.44. The number of ether oxygens (including phenoxy) is 2. The van der Waals surface area contributed by atoms with Crippen molar-refractivity contribution in [2.45, 2.75) is 26.4 Å². The molecule has 1 heterocycles. The van der Waals surface area contributed by atoms with Gasteiger partial charge in [0, 0.05) is 0 Å². The molecule has 0 radical (unpaired) electrons. The lowest BCUT2D eigenvalue weighted by atomic mass is 10.0. The molecule has 0 saturated carbocycles. The molecule has 7 nitrogen and oxygen atoms in total. The fourth-order valence-electron chi connectivity index (χ4n) is 3.05. The SMILES string of the molecule is COC(=O)c1ccccc1NC(=O)CN1C(=O)C(C)(C)Oc2ccc(C)cc21. The van der Waals surface area contributed by atoms with Crippen molar-refractivity contribution in [2.75, 3.05) is 23.9 Å². The van der Waals surface area contributed by atoms with Gasteiger partial charge in [-0.15, -0.1) is 0 Å². The smallest absolute Gasteiger partial charge is 0.339 e. The van der Waals surface area contributed by atoms with Crippen LogP contribution in [0.3, 0.4) is 0 Å². The Morgan fingerprint density at radius 1 is 1.18 bits per heavy atom. The number of nitrogens with zero attached hydrogens (tertiary/aromatic N) is 1.